The number of nitrogens with zero attached hydrogens (tertiary/aromatic N) is 4. The van der Waals surface area contributed by atoms with Crippen molar-refractivity contribution in [3.05, 3.63) is 76.7 Å². The highest BCUT2D eigenvalue weighted by Crippen LogP contribution is 2.45. The van der Waals surface area contributed by atoms with Gasteiger partial charge in [-0.25, -0.2) is 0 Å². The summed E-state index contributed by atoms with van der Waals surface area (Å²) < 4.78 is 1.26. The Balaban J connectivity index is 1.45. The van der Waals surface area contributed by atoms with Crippen LogP contribution in [0, 0.1) is 5.92 Å². The molecule has 0 bridgehead atoms. The van der Waals surface area contributed by atoms with Crippen molar-refractivity contribution in [3.8, 4) is 5.69 Å². The molecule has 1 fully saturated rings. The van der Waals surface area contributed by atoms with Gasteiger partial charge in [0, 0.05) is 36.9 Å². The van der Waals surface area contributed by atoms with Gasteiger partial charge in [-0.15, -0.1) is 0 Å². The van der Waals surface area contributed by atoms with Gasteiger partial charge in [0.25, 0.3) is 11.5 Å². The van der Waals surface area contributed by atoms with Crippen molar-refractivity contribution in [1.82, 2.24) is 14.7 Å². The lowest BCUT2D eigenvalue weighted by Crippen LogP contribution is -2.43. The number of amides is 2. The fourth-order valence-electron chi connectivity index (χ4n) is 5.43. The lowest BCUT2D eigenvalue weighted by Gasteiger charge is -2.27. The third-order valence-corrected chi connectivity index (χ3v) is 7.61. The minimum absolute atomic E-state index is 0.0548. The van der Waals surface area contributed by atoms with Crippen LogP contribution in [0.5, 0.6) is 0 Å². The highest BCUT2D eigenvalue weighted by Gasteiger charge is 2.51. The van der Waals surface area contributed by atoms with Crippen molar-refractivity contribution in [1.29, 1.82) is 0 Å². The smallest absolute Gasteiger partial charge is 0.279 e. The van der Waals surface area contributed by atoms with E-state index >= 15 is 0 Å². The van der Waals surface area contributed by atoms with Crippen LogP contribution in [0.1, 0.15) is 31.7 Å². The molecule has 0 aliphatic carbocycles. The summed E-state index contributed by atoms with van der Waals surface area (Å²) in [4.78, 5) is 42.1. The first-order valence-corrected chi connectivity index (χ1v) is 12.5. The number of hydrogen-bond acceptors (Lipinski definition) is 6. The predicted octanol–water partition coefficient (Wildman–Crippen LogP) is 2.12. The van der Waals surface area contributed by atoms with Crippen LogP contribution in [-0.2, 0) is 15.2 Å². The first-order valence-electron chi connectivity index (χ1n) is 12.5. The molecule has 9 nitrogen and oxygen atoms in total. The maximum atomic E-state index is 13.3. The predicted molar refractivity (Wildman–Crippen MR) is 139 cm³/mol. The summed E-state index contributed by atoms with van der Waals surface area (Å²) in [7, 11) is 1.60. The molecule has 0 spiro atoms. The summed E-state index contributed by atoms with van der Waals surface area (Å²) >= 11 is 0. The number of anilines is 1. The molecule has 37 heavy (non-hydrogen) atoms. The van der Waals surface area contributed by atoms with Gasteiger partial charge in [0.15, 0.2) is 5.60 Å². The second-order valence-corrected chi connectivity index (χ2v) is 9.77. The quantitative estimate of drug-likeness (QED) is 0.499. The Kier molecular flexibility index (Phi) is 6.43. The van der Waals surface area contributed by atoms with E-state index in [0.717, 1.165) is 18.2 Å². The van der Waals surface area contributed by atoms with E-state index in [-0.39, 0.29) is 30.5 Å². The zero-order valence-electron chi connectivity index (χ0n) is 20.9. The van der Waals surface area contributed by atoms with Crippen LogP contribution in [0.4, 0.5) is 5.69 Å². The van der Waals surface area contributed by atoms with Crippen molar-refractivity contribution in [2.45, 2.75) is 37.8 Å². The summed E-state index contributed by atoms with van der Waals surface area (Å²) in [6.45, 7) is 2.29. The average Bonchev–Trinajstić information content (AvgIpc) is 3.47. The van der Waals surface area contributed by atoms with Gasteiger partial charge in [-0.05, 0) is 37.1 Å². The number of likely N-dealkylation sites (tertiary alicyclic amines) is 1. The number of rotatable bonds is 6. The molecule has 2 amide bonds. The molecule has 2 aromatic carbocycles. The Hall–Kier alpha value is -3.82. The fourth-order valence-corrected chi connectivity index (χ4v) is 5.43. The number of benzene rings is 2. The number of likely N-dealkylation sites (N-methyl/N-ethyl adjacent to an activating group) is 1. The first kappa shape index (κ1) is 24.9. The van der Waals surface area contributed by atoms with E-state index in [1.807, 2.05) is 12.1 Å². The number of aliphatic hydroxyl groups excluding tert-OH is 1. The Bertz CT molecular complexity index is 1460. The lowest BCUT2D eigenvalue weighted by molar-refractivity contribution is -0.139. The SMILES string of the molecule is C[C@H](/C=C/CC(=O)N1CCC[C@H]1CO)[C@@]1(O)C(=O)N(C)c2ccc(-n3ncc4ccccc4c3=O)cc21. The normalized spacial score (nSPS) is 22.3. The molecule has 3 heterocycles. The zero-order valence-corrected chi connectivity index (χ0v) is 20.9. The summed E-state index contributed by atoms with van der Waals surface area (Å²) in [5.74, 6) is -1.23. The number of carbonyl (C=O) groups excluding carboxylic acids is 2. The van der Waals surface area contributed by atoms with Gasteiger partial charge in [-0.1, -0.05) is 37.3 Å². The van der Waals surface area contributed by atoms with E-state index < -0.39 is 17.4 Å². The topological polar surface area (TPSA) is 116 Å². The van der Waals surface area contributed by atoms with Crippen LogP contribution in [0.2, 0.25) is 0 Å². The number of aliphatic hydroxyl groups is 2. The summed E-state index contributed by atoms with van der Waals surface area (Å²) in [5, 5.41) is 26.8. The Morgan fingerprint density at radius 3 is 2.81 bits per heavy atom. The molecule has 0 unspecified atom stereocenters. The monoisotopic (exact) mass is 502 g/mol. The Morgan fingerprint density at radius 1 is 1.24 bits per heavy atom. The molecule has 1 saturated heterocycles. The third-order valence-electron chi connectivity index (χ3n) is 7.61. The van der Waals surface area contributed by atoms with E-state index in [0.29, 0.717) is 28.9 Å². The molecule has 5 rings (SSSR count). The molecule has 0 saturated carbocycles. The van der Waals surface area contributed by atoms with Gasteiger partial charge in [-0.3, -0.25) is 14.4 Å². The van der Waals surface area contributed by atoms with Crippen molar-refractivity contribution < 1.29 is 19.8 Å². The van der Waals surface area contributed by atoms with Gasteiger partial charge in [-0.2, -0.15) is 9.78 Å². The van der Waals surface area contributed by atoms with Crippen LogP contribution in [0.25, 0.3) is 16.5 Å². The second-order valence-electron chi connectivity index (χ2n) is 9.77. The average molecular weight is 503 g/mol. The molecule has 2 aliphatic rings. The van der Waals surface area contributed by atoms with Gasteiger partial charge in [0.1, 0.15) is 0 Å². The van der Waals surface area contributed by atoms with Gasteiger partial charge >= 0.3 is 0 Å². The summed E-state index contributed by atoms with van der Waals surface area (Å²) in [6, 6.07) is 12.1. The number of carbonyl (C=O) groups is 2. The van der Waals surface area contributed by atoms with E-state index in [4.69, 9.17) is 0 Å². The zero-order chi connectivity index (χ0) is 26.3. The summed E-state index contributed by atoms with van der Waals surface area (Å²) in [6.07, 6.45) is 6.73. The van der Waals surface area contributed by atoms with Gasteiger partial charge in [0.2, 0.25) is 5.91 Å². The minimum atomic E-state index is -1.87. The molecule has 9 heteroatoms. The molecular formula is C28H30N4O5. The van der Waals surface area contributed by atoms with Crippen LogP contribution >= 0.6 is 0 Å². The first-order chi connectivity index (χ1) is 17.8. The molecule has 3 atom stereocenters. The molecule has 1 aromatic heterocycles. The largest absolute Gasteiger partial charge is 0.394 e. The third kappa shape index (κ3) is 4.04. The maximum Gasteiger partial charge on any atom is 0.279 e. The van der Waals surface area contributed by atoms with Crippen molar-refractivity contribution in [2.75, 3.05) is 25.1 Å². The van der Waals surface area contributed by atoms with E-state index in [1.54, 1.807) is 67.6 Å². The molecular weight excluding hydrogens is 472 g/mol. The number of hydrogen-bond donors (Lipinski definition) is 2. The van der Waals surface area contributed by atoms with Crippen LogP contribution in [0.3, 0.4) is 0 Å². The van der Waals surface area contributed by atoms with Crippen molar-refractivity contribution in [3.63, 3.8) is 0 Å². The van der Waals surface area contributed by atoms with E-state index in [9.17, 15) is 24.6 Å². The Labute approximate surface area is 214 Å². The van der Waals surface area contributed by atoms with Crippen LogP contribution in [0.15, 0.2) is 65.6 Å². The van der Waals surface area contributed by atoms with E-state index in [1.165, 1.54) is 9.58 Å². The van der Waals surface area contributed by atoms with Gasteiger partial charge < -0.3 is 20.0 Å². The minimum Gasteiger partial charge on any atom is -0.394 e. The second kappa shape index (κ2) is 9.57. The summed E-state index contributed by atoms with van der Waals surface area (Å²) in [5.41, 5.74) is -0.811. The standard InChI is InChI=1S/C28H30N4O5/c1-18(7-5-11-25(34)31-14-6-9-21(31)17-33)28(37)23-15-20(12-13-24(23)30(2)27(28)36)32-26(35)22-10-4-3-8-19(22)16-29-32/h3-5,7-8,10,12-13,15-16,18,21,33,37H,6,9,11,14,17H2,1-2H3/b7-5+/t18-,21+,28+/m1/s1. The molecule has 3 aromatic rings. The molecule has 2 aliphatic heterocycles. The fraction of sp³-hybridized carbons (Fsp3) is 0.357. The highest BCUT2D eigenvalue weighted by molar-refractivity contribution is 6.07. The molecule has 2 N–H and O–H groups in total. The van der Waals surface area contributed by atoms with Crippen LogP contribution in [-0.4, -0.2) is 62.9 Å². The van der Waals surface area contributed by atoms with Crippen molar-refractivity contribution >= 4 is 28.3 Å². The lowest BCUT2D eigenvalue weighted by atomic mass is 9.82. The van der Waals surface area contributed by atoms with Crippen molar-refractivity contribution in [2.24, 2.45) is 5.92 Å². The van der Waals surface area contributed by atoms with Gasteiger partial charge in [0.05, 0.1) is 35.6 Å². The highest BCUT2D eigenvalue weighted by atomic mass is 16.3. The molecule has 0 radical (unpaired) electrons. The number of aromatic nitrogens is 2. The maximum absolute atomic E-state index is 13.3. The van der Waals surface area contributed by atoms with E-state index in [2.05, 4.69) is 5.10 Å². The molecule has 192 valence electrons. The number of fused-ring (bicyclic) bond motifs is 2. The Morgan fingerprint density at radius 2 is 2.03 bits per heavy atom. The van der Waals surface area contributed by atoms with Crippen LogP contribution < -0.4 is 10.5 Å².